The Morgan fingerprint density at radius 2 is 0.839 bits per heavy atom. The number of ether oxygens (including phenoxy) is 9. The molecule has 14 nitrogen and oxygen atoms in total. The van der Waals surface area contributed by atoms with Crippen LogP contribution in [0.5, 0.6) is 23.0 Å². The Morgan fingerprint density at radius 3 is 1.23 bits per heavy atom. The molecule has 14 heteroatoms. The Morgan fingerprint density at radius 1 is 0.500 bits per heavy atom. The molecule has 1 aliphatic heterocycles. The van der Waals surface area contributed by atoms with Crippen LogP contribution in [0.25, 0.3) is 0 Å². The molecule has 1 heterocycles. The van der Waals surface area contributed by atoms with Crippen LogP contribution in [0.2, 0.25) is 0 Å². The summed E-state index contributed by atoms with van der Waals surface area (Å²) in [5.41, 5.74) is 9.24. The lowest BCUT2D eigenvalue weighted by molar-refractivity contribution is -0.289. The van der Waals surface area contributed by atoms with E-state index in [0.717, 1.165) is 0 Å². The van der Waals surface area contributed by atoms with Gasteiger partial charge in [-0.2, -0.15) is 0 Å². The van der Waals surface area contributed by atoms with E-state index in [0.29, 0.717) is 45.3 Å². The molecule has 2 N–H and O–H groups in total. The first-order chi connectivity index (χ1) is 27.0. The van der Waals surface area contributed by atoms with Gasteiger partial charge in [0.1, 0.15) is 41.3 Å². The molecular weight excluding hydrogens is 726 g/mol. The maximum absolute atomic E-state index is 11.9. The van der Waals surface area contributed by atoms with E-state index < -0.39 is 54.5 Å². The van der Waals surface area contributed by atoms with Gasteiger partial charge in [-0.15, -0.1) is 0 Å². The molecule has 1 aliphatic rings. The molecule has 0 amide bonds. The molecule has 5 atom stereocenters. The van der Waals surface area contributed by atoms with Gasteiger partial charge in [-0.05, 0) is 24.3 Å². The lowest BCUT2D eigenvalue weighted by atomic mass is 9.96. The van der Waals surface area contributed by atoms with Crippen LogP contribution in [0, 0.1) is 0 Å². The second kappa shape index (κ2) is 20.4. The first-order valence-corrected chi connectivity index (χ1v) is 17.9. The van der Waals surface area contributed by atoms with Crippen molar-refractivity contribution in [2.75, 3.05) is 6.61 Å². The van der Waals surface area contributed by atoms with E-state index in [4.69, 9.17) is 48.4 Å². The number of hydrogen-bond donors (Lipinski definition) is 1. The smallest absolute Gasteiger partial charge is 0.308 e. The number of rotatable bonds is 17. The van der Waals surface area contributed by atoms with E-state index >= 15 is 0 Å². The molecule has 4 aromatic rings. The lowest BCUT2D eigenvalue weighted by Crippen LogP contribution is -2.64. The lowest BCUT2D eigenvalue weighted by Gasteiger charge is -2.45. The van der Waals surface area contributed by atoms with Gasteiger partial charge in [0.2, 0.25) is 0 Å². The van der Waals surface area contributed by atoms with Crippen LogP contribution < -0.4 is 24.7 Å². The van der Waals surface area contributed by atoms with E-state index in [2.05, 4.69) is 0 Å². The molecule has 0 radical (unpaired) electrons. The van der Waals surface area contributed by atoms with E-state index in [1.54, 1.807) is 97.1 Å². The zero-order chi connectivity index (χ0) is 40.0. The third kappa shape index (κ3) is 12.0. The van der Waals surface area contributed by atoms with Gasteiger partial charge in [0, 0.05) is 49.9 Å². The van der Waals surface area contributed by atoms with Crippen LogP contribution in [0.4, 0.5) is 0 Å². The quantitative estimate of drug-likeness (QED) is 0.107. The first kappa shape index (κ1) is 41.7. The first-order valence-electron chi connectivity index (χ1n) is 17.9. The average Bonchev–Trinajstić information content (AvgIpc) is 3.15. The summed E-state index contributed by atoms with van der Waals surface area (Å²) < 4.78 is 53.7. The summed E-state index contributed by atoms with van der Waals surface area (Å²) in [5.74, 6) is -0.666. The maximum Gasteiger partial charge on any atom is 0.308 e. The van der Waals surface area contributed by atoms with Crippen LogP contribution in [-0.4, -0.2) is 61.1 Å². The average molecular weight is 772 g/mol. The molecule has 0 spiro atoms. The van der Waals surface area contributed by atoms with Crippen molar-refractivity contribution in [3.63, 3.8) is 0 Å². The Labute approximate surface area is 324 Å². The van der Waals surface area contributed by atoms with Crippen LogP contribution in [-0.2, 0) is 69.3 Å². The number of carbonyl (C=O) groups is 4. The standard InChI is InChI=1S/C42H45NO13/c1-26(44)52-34-17-9-5-13-30(34)21-48-25-38-40(49-22-31-14-6-10-18-35(31)53-27(2)45)41(50-23-32-15-7-11-19-36(32)54-28(3)46)39(43)42(56-38)51-24-33-16-8-12-20-37(33)55-29(4)47/h5-20,38-42H,21-25,43H2,1-4H3/t38-,39-,40-,41-,42?/m1/s1. The minimum absolute atomic E-state index is 0.0405. The van der Waals surface area contributed by atoms with Gasteiger partial charge in [-0.3, -0.25) is 19.2 Å². The summed E-state index contributed by atoms with van der Waals surface area (Å²) in [4.78, 5) is 47.3. The van der Waals surface area contributed by atoms with E-state index in [9.17, 15) is 19.2 Å². The van der Waals surface area contributed by atoms with Gasteiger partial charge in [0.25, 0.3) is 0 Å². The van der Waals surface area contributed by atoms with E-state index in [1.165, 1.54) is 27.7 Å². The number of hydrogen-bond acceptors (Lipinski definition) is 14. The van der Waals surface area contributed by atoms with E-state index in [-0.39, 0.29) is 33.0 Å². The van der Waals surface area contributed by atoms with Gasteiger partial charge >= 0.3 is 23.9 Å². The third-order valence-corrected chi connectivity index (χ3v) is 8.40. The van der Waals surface area contributed by atoms with Crippen molar-refractivity contribution in [1.82, 2.24) is 0 Å². The second-order valence-corrected chi connectivity index (χ2v) is 12.8. The van der Waals surface area contributed by atoms with Gasteiger partial charge < -0.3 is 48.4 Å². The van der Waals surface area contributed by atoms with Crippen LogP contribution in [0.3, 0.4) is 0 Å². The van der Waals surface area contributed by atoms with Crippen LogP contribution in [0.1, 0.15) is 49.9 Å². The number of para-hydroxylation sites is 4. The minimum atomic E-state index is -1.09. The van der Waals surface area contributed by atoms with Crippen molar-refractivity contribution in [3.8, 4) is 23.0 Å². The van der Waals surface area contributed by atoms with Crippen molar-refractivity contribution in [3.05, 3.63) is 119 Å². The van der Waals surface area contributed by atoms with Crippen molar-refractivity contribution >= 4 is 23.9 Å². The predicted molar refractivity (Wildman–Crippen MR) is 199 cm³/mol. The van der Waals surface area contributed by atoms with Gasteiger partial charge in [0.15, 0.2) is 6.29 Å². The molecule has 1 fully saturated rings. The van der Waals surface area contributed by atoms with Gasteiger partial charge in [-0.1, -0.05) is 72.8 Å². The number of benzene rings is 4. The zero-order valence-corrected chi connectivity index (χ0v) is 31.5. The summed E-state index contributed by atoms with van der Waals surface area (Å²) in [6, 6.07) is 26.8. The van der Waals surface area contributed by atoms with Crippen LogP contribution in [0.15, 0.2) is 97.1 Å². The van der Waals surface area contributed by atoms with Crippen LogP contribution >= 0.6 is 0 Å². The molecule has 0 bridgehead atoms. The highest BCUT2D eigenvalue weighted by molar-refractivity contribution is 5.71. The summed E-state index contributed by atoms with van der Waals surface area (Å²) in [5, 5.41) is 0. The summed E-state index contributed by atoms with van der Waals surface area (Å²) >= 11 is 0. The number of esters is 4. The molecule has 1 saturated heterocycles. The normalized spacial score (nSPS) is 19.1. The molecule has 0 saturated carbocycles. The van der Waals surface area contributed by atoms with E-state index in [1.807, 2.05) is 0 Å². The molecule has 0 aliphatic carbocycles. The zero-order valence-electron chi connectivity index (χ0n) is 31.5. The largest absolute Gasteiger partial charge is 0.426 e. The predicted octanol–water partition coefficient (Wildman–Crippen LogP) is 5.34. The van der Waals surface area contributed by atoms with Gasteiger partial charge in [0.05, 0.1) is 39.1 Å². The second-order valence-electron chi connectivity index (χ2n) is 12.8. The van der Waals surface area contributed by atoms with Crippen molar-refractivity contribution in [1.29, 1.82) is 0 Å². The fourth-order valence-corrected chi connectivity index (χ4v) is 5.96. The topological polar surface area (TPSA) is 177 Å². The third-order valence-electron chi connectivity index (χ3n) is 8.40. The van der Waals surface area contributed by atoms with Crippen molar-refractivity contribution in [2.24, 2.45) is 5.73 Å². The van der Waals surface area contributed by atoms with Crippen molar-refractivity contribution in [2.45, 2.75) is 84.8 Å². The summed E-state index contributed by atoms with van der Waals surface area (Å²) in [7, 11) is 0. The number of carbonyl (C=O) groups excluding carboxylic acids is 4. The SMILES string of the molecule is CC(=O)Oc1ccccc1COC[C@H]1OC(OCc2ccccc2OC(C)=O)[C@H](N)[C@@H](OCc2ccccc2OC(C)=O)[C@@H]1OCc1ccccc1OC(C)=O. The molecule has 56 heavy (non-hydrogen) atoms. The monoisotopic (exact) mass is 771 g/mol. The fourth-order valence-electron chi connectivity index (χ4n) is 5.96. The Balaban J connectivity index is 1.46. The number of nitrogens with two attached hydrogens (primary N) is 1. The van der Waals surface area contributed by atoms with Gasteiger partial charge in [-0.25, -0.2) is 0 Å². The molecule has 1 unspecified atom stereocenters. The maximum atomic E-state index is 11.9. The summed E-state index contributed by atoms with van der Waals surface area (Å²) in [6.07, 6.45) is -3.80. The minimum Gasteiger partial charge on any atom is -0.426 e. The summed E-state index contributed by atoms with van der Waals surface area (Å²) in [6.45, 7) is 5.08. The highest BCUT2D eigenvalue weighted by atomic mass is 16.7. The Kier molecular flexibility index (Phi) is 15.2. The Hall–Kier alpha value is -5.48. The molecular formula is C42H45NO13. The highest BCUT2D eigenvalue weighted by Gasteiger charge is 2.47. The molecule has 4 aromatic carbocycles. The molecule has 0 aromatic heterocycles. The molecule has 5 rings (SSSR count). The fraction of sp³-hybridized carbons (Fsp3) is 0.333. The van der Waals surface area contributed by atoms with Crippen molar-refractivity contribution < 1.29 is 61.8 Å². The highest BCUT2D eigenvalue weighted by Crippen LogP contribution is 2.32. The molecule has 296 valence electrons. The Bertz CT molecular complexity index is 1900.